The molecule has 0 aliphatic carbocycles. The molecule has 32 heavy (non-hydrogen) atoms. The Hall–Kier alpha value is -2.96. The molecule has 0 saturated carbocycles. The van der Waals surface area contributed by atoms with Crippen LogP contribution in [0.25, 0.3) is 0 Å². The third-order valence-electron chi connectivity index (χ3n) is 5.95. The number of benzene rings is 3. The zero-order chi connectivity index (χ0) is 22.7. The van der Waals surface area contributed by atoms with E-state index in [1.807, 2.05) is 61.5 Å². The highest BCUT2D eigenvalue weighted by Gasteiger charge is 2.29. The number of rotatable bonds is 6. The number of carbonyl (C=O) groups is 1. The van der Waals surface area contributed by atoms with E-state index in [2.05, 4.69) is 5.32 Å². The number of aryl methyl sites for hydroxylation is 2. The zero-order valence-corrected chi connectivity index (χ0v) is 19.2. The smallest absolute Gasteiger partial charge is 0.252 e. The molecule has 0 bridgehead atoms. The van der Waals surface area contributed by atoms with Crippen molar-refractivity contribution in [2.45, 2.75) is 37.6 Å². The number of nitrogens with one attached hydrogen (secondary N) is 1. The monoisotopic (exact) mass is 448 g/mol. The lowest BCUT2D eigenvalue weighted by Gasteiger charge is -2.21. The molecule has 1 heterocycles. The van der Waals surface area contributed by atoms with Crippen LogP contribution < -0.4 is 5.32 Å². The molecule has 4 rings (SSSR count). The Kier molecular flexibility index (Phi) is 6.44. The normalized spacial score (nSPS) is 15.4. The average molecular weight is 449 g/mol. The van der Waals surface area contributed by atoms with Crippen molar-refractivity contribution in [2.24, 2.45) is 0 Å². The summed E-state index contributed by atoms with van der Waals surface area (Å²) >= 11 is 0. The van der Waals surface area contributed by atoms with Gasteiger partial charge in [-0.05, 0) is 55.5 Å². The fraction of sp³-hybridized carbons (Fsp3) is 0.269. The summed E-state index contributed by atoms with van der Waals surface area (Å²) < 4.78 is 27.8. The van der Waals surface area contributed by atoms with E-state index >= 15 is 0 Å². The van der Waals surface area contributed by atoms with E-state index in [9.17, 15) is 13.2 Å². The number of sulfonamides is 1. The maximum absolute atomic E-state index is 13.3. The molecule has 1 atom stereocenters. The Labute approximate surface area is 190 Å². The Morgan fingerprint density at radius 1 is 0.875 bits per heavy atom. The summed E-state index contributed by atoms with van der Waals surface area (Å²) in [6, 6.07) is 22.4. The minimum atomic E-state index is -3.61. The van der Waals surface area contributed by atoms with Crippen molar-refractivity contribution in [3.8, 4) is 0 Å². The average Bonchev–Trinajstić information content (AvgIpc) is 3.35. The second kappa shape index (κ2) is 9.27. The summed E-state index contributed by atoms with van der Waals surface area (Å²) in [5.41, 5.74) is 4.05. The molecule has 3 aromatic rings. The van der Waals surface area contributed by atoms with Gasteiger partial charge >= 0.3 is 0 Å². The van der Waals surface area contributed by atoms with Gasteiger partial charge in [0, 0.05) is 18.7 Å². The topological polar surface area (TPSA) is 66.5 Å². The van der Waals surface area contributed by atoms with E-state index in [1.54, 1.807) is 19.1 Å². The van der Waals surface area contributed by atoms with E-state index in [4.69, 9.17) is 0 Å². The number of amides is 1. The van der Waals surface area contributed by atoms with Gasteiger partial charge in [0.25, 0.3) is 5.91 Å². The molecule has 166 valence electrons. The molecule has 1 saturated heterocycles. The first-order valence-corrected chi connectivity index (χ1v) is 12.3. The second-order valence-electron chi connectivity index (χ2n) is 8.32. The molecule has 1 aliphatic heterocycles. The lowest BCUT2D eigenvalue weighted by Crippen LogP contribution is -2.31. The summed E-state index contributed by atoms with van der Waals surface area (Å²) in [5, 5.41) is 3.11. The Bertz CT molecular complexity index is 1200. The largest absolute Gasteiger partial charge is 0.341 e. The molecule has 3 aromatic carbocycles. The van der Waals surface area contributed by atoms with E-state index in [-0.39, 0.29) is 16.8 Å². The first-order chi connectivity index (χ1) is 15.4. The first kappa shape index (κ1) is 22.2. The minimum Gasteiger partial charge on any atom is -0.341 e. The summed E-state index contributed by atoms with van der Waals surface area (Å²) in [5.74, 6) is -0.308. The van der Waals surface area contributed by atoms with Gasteiger partial charge in [0.15, 0.2) is 0 Å². The predicted octanol–water partition coefficient (Wildman–Crippen LogP) is 4.61. The lowest BCUT2D eigenvalue weighted by molar-refractivity contribution is 0.0942. The molecule has 1 amide bonds. The molecule has 0 aromatic heterocycles. The van der Waals surface area contributed by atoms with Gasteiger partial charge in [-0.15, -0.1) is 0 Å². The number of hydrogen-bond acceptors (Lipinski definition) is 3. The molecule has 1 fully saturated rings. The number of nitrogens with zero attached hydrogens (tertiary/aromatic N) is 1. The molecule has 0 spiro atoms. The molecule has 1 unspecified atom stereocenters. The number of hydrogen-bond donors (Lipinski definition) is 1. The van der Waals surface area contributed by atoms with E-state index in [0.29, 0.717) is 24.2 Å². The van der Waals surface area contributed by atoms with Gasteiger partial charge in [-0.25, -0.2) is 8.42 Å². The maximum Gasteiger partial charge on any atom is 0.252 e. The van der Waals surface area contributed by atoms with Crippen molar-refractivity contribution in [1.82, 2.24) is 9.62 Å². The van der Waals surface area contributed by atoms with Crippen LogP contribution in [-0.2, 0) is 10.0 Å². The van der Waals surface area contributed by atoms with Crippen molar-refractivity contribution in [3.05, 3.63) is 101 Å². The van der Waals surface area contributed by atoms with Gasteiger partial charge in [0.2, 0.25) is 10.0 Å². The van der Waals surface area contributed by atoms with Crippen LogP contribution in [0.2, 0.25) is 0 Å². The van der Waals surface area contributed by atoms with E-state index < -0.39 is 10.0 Å². The van der Waals surface area contributed by atoms with Crippen molar-refractivity contribution < 1.29 is 13.2 Å². The van der Waals surface area contributed by atoms with Gasteiger partial charge in [-0.1, -0.05) is 66.2 Å². The fourth-order valence-corrected chi connectivity index (χ4v) is 5.83. The van der Waals surface area contributed by atoms with Crippen LogP contribution in [0.3, 0.4) is 0 Å². The van der Waals surface area contributed by atoms with Crippen molar-refractivity contribution in [2.75, 3.05) is 13.1 Å². The van der Waals surface area contributed by atoms with Crippen LogP contribution in [0.4, 0.5) is 0 Å². The highest BCUT2D eigenvalue weighted by atomic mass is 32.2. The SMILES string of the molecule is Cc1ccc(C(NC(=O)c2ccc(C)c(S(=O)(=O)N3CCCC3)c2)c2ccccc2)cc1. The molecule has 0 radical (unpaired) electrons. The summed E-state index contributed by atoms with van der Waals surface area (Å²) in [6.07, 6.45) is 1.74. The van der Waals surface area contributed by atoms with Gasteiger partial charge in [0.1, 0.15) is 0 Å². The zero-order valence-electron chi connectivity index (χ0n) is 18.4. The second-order valence-corrected chi connectivity index (χ2v) is 10.2. The van der Waals surface area contributed by atoms with E-state index in [0.717, 1.165) is 29.5 Å². The van der Waals surface area contributed by atoms with Crippen molar-refractivity contribution in [1.29, 1.82) is 0 Å². The molecular formula is C26H28N2O3S. The summed E-state index contributed by atoms with van der Waals surface area (Å²) in [6.45, 7) is 4.85. The molecule has 1 aliphatic rings. The maximum atomic E-state index is 13.3. The van der Waals surface area contributed by atoms with Gasteiger partial charge < -0.3 is 5.32 Å². The first-order valence-electron chi connectivity index (χ1n) is 10.9. The third-order valence-corrected chi connectivity index (χ3v) is 7.99. The van der Waals surface area contributed by atoms with Gasteiger partial charge in [-0.3, -0.25) is 4.79 Å². The van der Waals surface area contributed by atoms with Crippen LogP contribution in [0, 0.1) is 13.8 Å². The quantitative estimate of drug-likeness (QED) is 0.599. The van der Waals surface area contributed by atoms with E-state index in [1.165, 1.54) is 10.4 Å². The summed E-state index contributed by atoms with van der Waals surface area (Å²) in [4.78, 5) is 13.5. The highest BCUT2D eigenvalue weighted by Crippen LogP contribution is 2.26. The van der Waals surface area contributed by atoms with Crippen molar-refractivity contribution in [3.63, 3.8) is 0 Å². The van der Waals surface area contributed by atoms with Crippen LogP contribution in [0.15, 0.2) is 77.7 Å². The molecule has 6 heteroatoms. The van der Waals surface area contributed by atoms with Gasteiger partial charge in [-0.2, -0.15) is 4.31 Å². The fourth-order valence-electron chi connectivity index (χ4n) is 4.06. The third kappa shape index (κ3) is 4.61. The summed E-state index contributed by atoms with van der Waals surface area (Å²) in [7, 11) is -3.61. The molecular weight excluding hydrogens is 420 g/mol. The lowest BCUT2D eigenvalue weighted by atomic mass is 9.97. The number of carbonyl (C=O) groups excluding carboxylic acids is 1. The Morgan fingerprint density at radius 3 is 2.16 bits per heavy atom. The van der Waals surface area contributed by atoms with Crippen LogP contribution in [0.1, 0.15) is 51.5 Å². The predicted molar refractivity (Wildman–Crippen MR) is 126 cm³/mol. The minimum absolute atomic E-state index is 0.207. The van der Waals surface area contributed by atoms with Crippen LogP contribution in [-0.4, -0.2) is 31.7 Å². The van der Waals surface area contributed by atoms with Crippen molar-refractivity contribution >= 4 is 15.9 Å². The standard InChI is InChI=1S/C26H28N2O3S/c1-19-10-13-22(14-11-19)25(21-8-4-3-5-9-21)27-26(29)23-15-12-20(2)24(18-23)32(30,31)28-16-6-7-17-28/h3-5,8-15,18,25H,6-7,16-17H2,1-2H3,(H,27,29). The van der Waals surface area contributed by atoms with Crippen LogP contribution >= 0.6 is 0 Å². The molecule has 1 N–H and O–H groups in total. The Balaban J connectivity index is 1.66. The van der Waals surface area contributed by atoms with Gasteiger partial charge in [0.05, 0.1) is 10.9 Å². The Morgan fingerprint density at radius 2 is 1.50 bits per heavy atom. The molecule has 5 nitrogen and oxygen atoms in total. The highest BCUT2D eigenvalue weighted by molar-refractivity contribution is 7.89. The van der Waals surface area contributed by atoms with Crippen LogP contribution in [0.5, 0.6) is 0 Å².